The Kier molecular flexibility index (Phi) is 8.05. The topological polar surface area (TPSA) is 68.5 Å². The minimum Gasteiger partial charge on any atom is -0.383 e. The highest BCUT2D eigenvalue weighted by molar-refractivity contribution is 7.09. The predicted molar refractivity (Wildman–Crippen MR) is 90.3 cm³/mol. The summed E-state index contributed by atoms with van der Waals surface area (Å²) in [6.45, 7) is 1.92. The maximum atomic E-state index is 12.6. The van der Waals surface area contributed by atoms with Crippen LogP contribution in [-0.2, 0) is 17.8 Å². The van der Waals surface area contributed by atoms with Crippen molar-refractivity contribution < 1.29 is 9.53 Å². The molecule has 0 saturated carbocycles. The predicted octanol–water partition coefficient (Wildman–Crippen LogP) is 2.31. The van der Waals surface area contributed by atoms with Gasteiger partial charge in [-0.1, -0.05) is 30.3 Å². The van der Waals surface area contributed by atoms with Crippen LogP contribution in [0.3, 0.4) is 0 Å². The summed E-state index contributed by atoms with van der Waals surface area (Å²) in [5, 5.41) is 2.53. The zero-order valence-corrected chi connectivity index (χ0v) is 14.0. The average Bonchev–Trinajstić information content (AvgIpc) is 3.00. The molecule has 0 saturated heterocycles. The number of methoxy groups -OCH3 is 1. The Labute approximate surface area is 140 Å². The third-order valence-electron chi connectivity index (χ3n) is 3.01. The summed E-state index contributed by atoms with van der Waals surface area (Å²) >= 11 is 1.41. The molecule has 0 aliphatic rings. The van der Waals surface area contributed by atoms with Crippen LogP contribution in [0.15, 0.2) is 35.7 Å². The molecule has 0 fully saturated rings. The fourth-order valence-electron chi connectivity index (χ4n) is 1.92. The maximum absolute atomic E-state index is 12.6. The molecule has 2 aromatic rings. The highest BCUT2D eigenvalue weighted by Gasteiger charge is 2.18. The molecule has 0 bridgehead atoms. The van der Waals surface area contributed by atoms with Crippen molar-refractivity contribution in [3.05, 3.63) is 52.0 Å². The van der Waals surface area contributed by atoms with Gasteiger partial charge in [-0.3, -0.25) is 4.79 Å². The van der Waals surface area contributed by atoms with Gasteiger partial charge in [-0.2, -0.15) is 0 Å². The van der Waals surface area contributed by atoms with Gasteiger partial charge < -0.3 is 15.4 Å². The Balaban J connectivity index is 0.00000242. The van der Waals surface area contributed by atoms with Crippen LogP contribution >= 0.6 is 23.7 Å². The average molecular weight is 342 g/mol. The largest absolute Gasteiger partial charge is 0.383 e. The van der Waals surface area contributed by atoms with Crippen LogP contribution in [0.2, 0.25) is 0 Å². The van der Waals surface area contributed by atoms with Gasteiger partial charge in [0, 0.05) is 32.1 Å². The molecule has 1 amide bonds. The van der Waals surface area contributed by atoms with Crippen LogP contribution in [0, 0.1) is 0 Å². The van der Waals surface area contributed by atoms with Crippen LogP contribution in [0.1, 0.15) is 21.1 Å². The lowest BCUT2D eigenvalue weighted by Crippen LogP contribution is -2.33. The Morgan fingerprint density at radius 2 is 2.09 bits per heavy atom. The van der Waals surface area contributed by atoms with Gasteiger partial charge in [0.1, 0.15) is 10.7 Å². The molecule has 7 heteroatoms. The summed E-state index contributed by atoms with van der Waals surface area (Å²) in [5.41, 5.74) is 7.08. The van der Waals surface area contributed by atoms with Gasteiger partial charge in [0.05, 0.1) is 6.61 Å². The number of hydrogen-bond donors (Lipinski definition) is 1. The van der Waals surface area contributed by atoms with E-state index >= 15 is 0 Å². The normalized spacial score (nSPS) is 10.1. The van der Waals surface area contributed by atoms with Gasteiger partial charge in [0.2, 0.25) is 0 Å². The van der Waals surface area contributed by atoms with Crippen molar-refractivity contribution in [2.24, 2.45) is 5.73 Å². The molecule has 1 aromatic carbocycles. The summed E-state index contributed by atoms with van der Waals surface area (Å²) in [6, 6.07) is 9.88. The quantitative estimate of drug-likeness (QED) is 0.839. The molecule has 0 radical (unpaired) electrons. The van der Waals surface area contributed by atoms with Gasteiger partial charge in [0.25, 0.3) is 5.91 Å². The van der Waals surface area contributed by atoms with Crippen molar-refractivity contribution in [3.63, 3.8) is 0 Å². The van der Waals surface area contributed by atoms with E-state index in [9.17, 15) is 4.79 Å². The van der Waals surface area contributed by atoms with Gasteiger partial charge in [0.15, 0.2) is 0 Å². The van der Waals surface area contributed by atoms with Crippen molar-refractivity contribution in [1.82, 2.24) is 9.88 Å². The van der Waals surface area contributed by atoms with Gasteiger partial charge in [-0.05, 0) is 5.56 Å². The highest BCUT2D eigenvalue weighted by atomic mass is 35.5. The van der Waals surface area contributed by atoms with Crippen LogP contribution in [0.4, 0.5) is 0 Å². The maximum Gasteiger partial charge on any atom is 0.273 e. The number of carbonyl (C=O) groups excluding carboxylic acids is 1. The number of nitrogens with zero attached hydrogens (tertiary/aromatic N) is 2. The number of carbonyl (C=O) groups is 1. The van der Waals surface area contributed by atoms with Crippen molar-refractivity contribution in [1.29, 1.82) is 0 Å². The zero-order valence-electron chi connectivity index (χ0n) is 12.4. The van der Waals surface area contributed by atoms with E-state index in [1.165, 1.54) is 11.3 Å². The van der Waals surface area contributed by atoms with E-state index in [4.69, 9.17) is 10.5 Å². The van der Waals surface area contributed by atoms with Crippen LogP contribution in [0.25, 0.3) is 0 Å². The molecule has 2 N–H and O–H groups in total. The van der Waals surface area contributed by atoms with Gasteiger partial charge in [-0.25, -0.2) is 4.98 Å². The smallest absolute Gasteiger partial charge is 0.273 e. The second kappa shape index (κ2) is 9.53. The Morgan fingerprint density at radius 3 is 2.68 bits per heavy atom. The van der Waals surface area contributed by atoms with E-state index < -0.39 is 0 Å². The van der Waals surface area contributed by atoms with Gasteiger partial charge in [-0.15, -0.1) is 23.7 Å². The number of hydrogen-bond acceptors (Lipinski definition) is 5. The molecule has 0 unspecified atom stereocenters. The standard InChI is InChI=1S/C15H19N3O2S.ClH/c1-20-8-7-18(10-12-5-3-2-4-6-12)15(19)13-11-21-14(9-16)17-13;/h2-6,11H,7-10,16H2,1H3;1H. The lowest BCUT2D eigenvalue weighted by Gasteiger charge is -2.21. The SMILES string of the molecule is COCCN(Cc1ccccc1)C(=O)c1csc(CN)n1.Cl. The van der Waals surface area contributed by atoms with Crippen LogP contribution in [-0.4, -0.2) is 36.1 Å². The first-order chi connectivity index (χ1) is 10.2. The third kappa shape index (κ3) is 5.06. The monoisotopic (exact) mass is 341 g/mol. The Bertz CT molecular complexity index is 577. The summed E-state index contributed by atoms with van der Waals surface area (Å²) in [7, 11) is 1.63. The fourth-order valence-corrected chi connectivity index (χ4v) is 2.57. The molecule has 0 aliphatic heterocycles. The molecular formula is C15H20ClN3O2S. The number of amides is 1. The minimum atomic E-state index is -0.0909. The zero-order chi connectivity index (χ0) is 15.1. The molecule has 1 aromatic heterocycles. The van der Waals surface area contributed by atoms with Crippen molar-refractivity contribution >= 4 is 29.7 Å². The second-order valence-corrected chi connectivity index (χ2v) is 5.48. The number of rotatable bonds is 7. The van der Waals surface area contributed by atoms with E-state index in [0.29, 0.717) is 31.9 Å². The number of ether oxygens (including phenoxy) is 1. The molecule has 22 heavy (non-hydrogen) atoms. The number of aromatic nitrogens is 1. The summed E-state index contributed by atoms with van der Waals surface area (Å²) < 4.78 is 5.09. The third-order valence-corrected chi connectivity index (χ3v) is 3.89. The van der Waals surface area contributed by atoms with Gasteiger partial charge >= 0.3 is 0 Å². The van der Waals surface area contributed by atoms with Crippen molar-refractivity contribution in [2.75, 3.05) is 20.3 Å². The molecule has 0 atom stereocenters. The number of benzene rings is 1. The van der Waals surface area contributed by atoms with E-state index in [1.807, 2.05) is 30.3 Å². The van der Waals surface area contributed by atoms with E-state index in [0.717, 1.165) is 10.6 Å². The number of halogens is 1. The molecule has 120 valence electrons. The van der Waals surface area contributed by atoms with Crippen LogP contribution < -0.4 is 5.73 Å². The first-order valence-electron chi connectivity index (χ1n) is 6.71. The first kappa shape index (κ1) is 18.6. The summed E-state index contributed by atoms with van der Waals surface area (Å²) in [6.07, 6.45) is 0. The van der Waals surface area contributed by atoms with Crippen molar-refractivity contribution in [2.45, 2.75) is 13.1 Å². The Hall–Kier alpha value is -1.47. The summed E-state index contributed by atoms with van der Waals surface area (Å²) in [4.78, 5) is 18.6. The highest BCUT2D eigenvalue weighted by Crippen LogP contribution is 2.13. The van der Waals surface area contributed by atoms with E-state index in [-0.39, 0.29) is 18.3 Å². The number of thiazole rings is 1. The molecule has 5 nitrogen and oxygen atoms in total. The fraction of sp³-hybridized carbons (Fsp3) is 0.333. The molecule has 0 aliphatic carbocycles. The molecule has 2 rings (SSSR count). The van der Waals surface area contributed by atoms with Crippen molar-refractivity contribution in [3.8, 4) is 0 Å². The molecular weight excluding hydrogens is 322 g/mol. The molecule has 1 heterocycles. The number of nitrogens with two attached hydrogens (primary N) is 1. The Morgan fingerprint density at radius 1 is 1.36 bits per heavy atom. The summed E-state index contributed by atoms with van der Waals surface area (Å²) in [5.74, 6) is -0.0909. The second-order valence-electron chi connectivity index (χ2n) is 4.54. The lowest BCUT2D eigenvalue weighted by atomic mass is 10.2. The minimum absolute atomic E-state index is 0. The van der Waals surface area contributed by atoms with E-state index in [2.05, 4.69) is 4.98 Å². The molecule has 0 spiro atoms. The van der Waals surface area contributed by atoms with E-state index in [1.54, 1.807) is 17.4 Å². The lowest BCUT2D eigenvalue weighted by molar-refractivity contribution is 0.0675. The van der Waals surface area contributed by atoms with Crippen LogP contribution in [0.5, 0.6) is 0 Å². The first-order valence-corrected chi connectivity index (χ1v) is 7.59.